The number of carbonyl (C=O) groups excluding carboxylic acids is 1. The van der Waals surface area contributed by atoms with Gasteiger partial charge in [-0.25, -0.2) is 9.36 Å². The highest BCUT2D eigenvalue weighted by molar-refractivity contribution is 7.48. The van der Waals surface area contributed by atoms with Crippen LogP contribution in [0.5, 0.6) is 0 Å². The fourth-order valence-corrected chi connectivity index (χ4v) is 3.08. The Hall–Kier alpha value is -1.94. The molecular weight excluding hydrogens is 315 g/mol. The zero-order chi connectivity index (χ0) is 17.1. The molecule has 0 fully saturated rings. The number of carbonyl (C=O) groups is 1. The lowest BCUT2D eigenvalue weighted by atomic mass is 9.99. The zero-order valence-corrected chi connectivity index (χ0v) is 14.1. The van der Waals surface area contributed by atoms with Crippen LogP contribution in [0.2, 0.25) is 0 Å². The number of rotatable bonds is 5. The molecular formula is C17H19O5P. The van der Waals surface area contributed by atoms with Crippen molar-refractivity contribution in [3.63, 3.8) is 0 Å². The van der Waals surface area contributed by atoms with Crippen LogP contribution in [-0.4, -0.2) is 10.9 Å². The Labute approximate surface area is 135 Å². The molecule has 0 saturated carbocycles. The van der Waals surface area contributed by atoms with Crippen molar-refractivity contribution in [3.8, 4) is 0 Å². The van der Waals surface area contributed by atoms with Gasteiger partial charge in [-0.3, -0.25) is 9.42 Å². The van der Waals surface area contributed by atoms with E-state index >= 15 is 0 Å². The molecule has 5 nitrogen and oxygen atoms in total. The highest BCUT2D eigenvalue weighted by Gasteiger charge is 2.36. The van der Waals surface area contributed by atoms with Gasteiger partial charge in [0.25, 0.3) is 0 Å². The van der Waals surface area contributed by atoms with E-state index in [2.05, 4.69) is 4.52 Å². The molecule has 1 unspecified atom stereocenters. The molecule has 0 aliphatic rings. The van der Waals surface area contributed by atoms with Crippen molar-refractivity contribution in [3.05, 3.63) is 71.3 Å². The molecule has 0 spiro atoms. The first kappa shape index (κ1) is 17.4. The van der Waals surface area contributed by atoms with Crippen molar-refractivity contribution in [1.82, 2.24) is 0 Å². The van der Waals surface area contributed by atoms with Crippen LogP contribution in [0.1, 0.15) is 35.3 Å². The summed E-state index contributed by atoms with van der Waals surface area (Å²) >= 11 is 0. The van der Waals surface area contributed by atoms with Crippen molar-refractivity contribution in [2.75, 3.05) is 0 Å². The quantitative estimate of drug-likeness (QED) is 0.830. The topological polar surface area (TPSA) is 72.8 Å². The molecule has 122 valence electrons. The first-order chi connectivity index (χ1) is 10.7. The number of hydrogen-bond donors (Lipinski definition) is 1. The van der Waals surface area contributed by atoms with Crippen LogP contribution >= 0.6 is 7.82 Å². The predicted octanol–water partition coefficient (Wildman–Crippen LogP) is 4.20. The Morgan fingerprint density at radius 3 is 2.17 bits per heavy atom. The van der Waals surface area contributed by atoms with Crippen LogP contribution < -0.4 is 0 Å². The normalized spacial score (nSPS) is 14.1. The highest BCUT2D eigenvalue weighted by atomic mass is 31.2. The summed E-state index contributed by atoms with van der Waals surface area (Å²) < 4.78 is 22.0. The minimum absolute atomic E-state index is 0.186. The SMILES string of the molecule is Cc1ccc(C(=O)OP(=O)(O)OC(C)(C)c2ccccc2)cc1. The van der Waals surface area contributed by atoms with Gasteiger partial charge in [0.2, 0.25) is 0 Å². The second-order valence-electron chi connectivity index (χ2n) is 5.68. The molecule has 2 rings (SSSR count). The van der Waals surface area contributed by atoms with Crippen molar-refractivity contribution in [1.29, 1.82) is 0 Å². The molecule has 1 N–H and O–H groups in total. The summed E-state index contributed by atoms with van der Waals surface area (Å²) in [5.74, 6) is -0.903. The standard InChI is InChI=1S/C17H19O5P/c1-13-9-11-14(12-10-13)16(18)21-23(19,20)22-17(2,3)15-7-5-4-6-8-15/h4-12H,1-3H3,(H,19,20). The summed E-state index contributed by atoms with van der Waals surface area (Å²) in [5, 5.41) is 0. The van der Waals surface area contributed by atoms with Gasteiger partial charge in [0, 0.05) is 0 Å². The fraction of sp³-hybridized carbons (Fsp3) is 0.235. The average molecular weight is 334 g/mol. The predicted molar refractivity (Wildman–Crippen MR) is 87.0 cm³/mol. The van der Waals surface area contributed by atoms with Gasteiger partial charge in [-0.05, 0) is 38.5 Å². The van der Waals surface area contributed by atoms with Crippen molar-refractivity contribution < 1.29 is 23.3 Å². The maximum Gasteiger partial charge on any atom is 0.530 e. The zero-order valence-electron chi connectivity index (χ0n) is 13.2. The molecule has 2 aromatic rings. The van der Waals surface area contributed by atoms with Crippen LogP contribution in [0.15, 0.2) is 54.6 Å². The third-order valence-electron chi connectivity index (χ3n) is 3.30. The lowest BCUT2D eigenvalue weighted by molar-refractivity contribution is 0.0383. The van der Waals surface area contributed by atoms with Gasteiger partial charge in [0.05, 0.1) is 5.56 Å². The Bertz CT molecular complexity index is 722. The summed E-state index contributed by atoms with van der Waals surface area (Å²) in [6, 6.07) is 15.4. The summed E-state index contributed by atoms with van der Waals surface area (Å²) in [4.78, 5) is 21.8. The second-order valence-corrected chi connectivity index (χ2v) is 6.98. The van der Waals surface area contributed by atoms with Gasteiger partial charge in [0.1, 0.15) is 5.60 Å². The van der Waals surface area contributed by atoms with E-state index in [1.807, 2.05) is 13.0 Å². The van der Waals surface area contributed by atoms with E-state index in [1.54, 1.807) is 50.2 Å². The Kier molecular flexibility index (Phi) is 5.05. The Morgan fingerprint density at radius 2 is 1.61 bits per heavy atom. The van der Waals surface area contributed by atoms with Gasteiger partial charge in [-0.2, -0.15) is 0 Å². The van der Waals surface area contributed by atoms with Gasteiger partial charge < -0.3 is 4.52 Å². The van der Waals surface area contributed by atoms with E-state index in [0.717, 1.165) is 5.56 Å². The molecule has 0 bridgehead atoms. The number of phosphoric acid groups is 1. The first-order valence-corrected chi connectivity index (χ1v) is 8.59. The van der Waals surface area contributed by atoms with E-state index in [4.69, 9.17) is 4.52 Å². The molecule has 0 aliphatic heterocycles. The van der Waals surface area contributed by atoms with Gasteiger partial charge in [-0.1, -0.05) is 48.0 Å². The molecule has 0 radical (unpaired) electrons. The van der Waals surface area contributed by atoms with Crippen molar-refractivity contribution in [2.24, 2.45) is 0 Å². The first-order valence-electron chi connectivity index (χ1n) is 7.09. The minimum atomic E-state index is -4.56. The minimum Gasteiger partial charge on any atom is -0.367 e. The van der Waals surface area contributed by atoms with E-state index in [-0.39, 0.29) is 5.56 Å². The molecule has 6 heteroatoms. The number of aryl methyl sites for hydroxylation is 1. The number of hydrogen-bond acceptors (Lipinski definition) is 4. The third kappa shape index (κ3) is 4.76. The smallest absolute Gasteiger partial charge is 0.367 e. The molecule has 2 aromatic carbocycles. The summed E-state index contributed by atoms with van der Waals surface area (Å²) in [7, 11) is -4.56. The molecule has 0 heterocycles. The van der Waals surface area contributed by atoms with Crippen LogP contribution in [0.25, 0.3) is 0 Å². The number of benzene rings is 2. The van der Waals surface area contributed by atoms with E-state index < -0.39 is 19.4 Å². The third-order valence-corrected chi connectivity index (χ3v) is 4.38. The Balaban J connectivity index is 2.11. The average Bonchev–Trinajstić information content (AvgIpc) is 2.47. The van der Waals surface area contributed by atoms with Crippen molar-refractivity contribution >= 4 is 13.8 Å². The van der Waals surface area contributed by atoms with Gasteiger partial charge >= 0.3 is 13.8 Å². The van der Waals surface area contributed by atoms with Crippen LogP contribution in [0, 0.1) is 6.92 Å². The number of phosphoric ester groups is 1. The molecule has 23 heavy (non-hydrogen) atoms. The molecule has 0 aliphatic carbocycles. The maximum absolute atomic E-state index is 12.1. The summed E-state index contributed by atoms with van der Waals surface area (Å²) in [6.07, 6.45) is 0. The largest absolute Gasteiger partial charge is 0.530 e. The lowest BCUT2D eigenvalue weighted by Crippen LogP contribution is -2.21. The van der Waals surface area contributed by atoms with Crippen molar-refractivity contribution in [2.45, 2.75) is 26.4 Å². The fourth-order valence-electron chi connectivity index (χ4n) is 2.05. The molecule has 1 atom stereocenters. The molecule has 0 amide bonds. The van der Waals surface area contributed by atoms with Crippen LogP contribution in [-0.2, 0) is 19.2 Å². The monoisotopic (exact) mass is 334 g/mol. The van der Waals surface area contributed by atoms with E-state index in [0.29, 0.717) is 5.56 Å². The molecule has 0 saturated heterocycles. The van der Waals surface area contributed by atoms with Gasteiger partial charge in [-0.15, -0.1) is 0 Å². The molecule has 0 aromatic heterocycles. The van der Waals surface area contributed by atoms with E-state index in [1.165, 1.54) is 12.1 Å². The van der Waals surface area contributed by atoms with Crippen LogP contribution in [0.4, 0.5) is 0 Å². The second kappa shape index (κ2) is 6.67. The summed E-state index contributed by atoms with van der Waals surface area (Å²) in [6.45, 7) is 5.13. The lowest BCUT2D eigenvalue weighted by Gasteiger charge is -2.27. The van der Waals surface area contributed by atoms with Gasteiger partial charge in [0.15, 0.2) is 0 Å². The Morgan fingerprint density at radius 1 is 1.04 bits per heavy atom. The maximum atomic E-state index is 12.1. The highest BCUT2D eigenvalue weighted by Crippen LogP contribution is 2.50. The summed E-state index contributed by atoms with van der Waals surface area (Å²) in [5.41, 5.74) is 0.765. The van der Waals surface area contributed by atoms with E-state index in [9.17, 15) is 14.3 Å². The van der Waals surface area contributed by atoms with Crippen LogP contribution in [0.3, 0.4) is 0 Å².